The Kier molecular flexibility index (Phi) is 26.3. The van der Waals surface area contributed by atoms with Crippen molar-refractivity contribution in [3.63, 3.8) is 0 Å². The highest BCUT2D eigenvalue weighted by atomic mass is 31.2. The summed E-state index contributed by atoms with van der Waals surface area (Å²) in [6.45, 7) is 7.04. The first-order valence-corrected chi connectivity index (χ1v) is 24.7. The van der Waals surface area contributed by atoms with Gasteiger partial charge in [-0.25, -0.2) is 13.7 Å². The van der Waals surface area contributed by atoms with E-state index in [0.29, 0.717) is 0 Å². The molecule has 0 saturated carbocycles. The molecule has 0 heterocycles. The van der Waals surface area contributed by atoms with Gasteiger partial charge in [-0.3, -0.25) is 61.5 Å². The van der Waals surface area contributed by atoms with Crippen molar-refractivity contribution in [2.45, 2.75) is 118 Å². The van der Waals surface area contributed by atoms with Gasteiger partial charge in [-0.15, -0.1) is 0 Å². The maximum absolute atomic E-state index is 13.3. The van der Waals surface area contributed by atoms with Crippen LogP contribution in [0, 0.1) is 29.6 Å². The van der Waals surface area contributed by atoms with Gasteiger partial charge in [0, 0.05) is 55.8 Å². The molecular weight excluding hydrogens is 947 g/mol. The van der Waals surface area contributed by atoms with E-state index in [1.54, 1.807) is 0 Å². The van der Waals surface area contributed by atoms with Gasteiger partial charge in [0.1, 0.15) is 23.7 Å². The fourth-order valence-corrected chi connectivity index (χ4v) is 6.42. The quantitative estimate of drug-likeness (QED) is 0.0323. The molecule has 0 bridgehead atoms. The van der Waals surface area contributed by atoms with E-state index in [-0.39, 0.29) is 12.2 Å². The second-order valence-electron chi connectivity index (χ2n) is 16.0. The molecule has 66 heavy (non-hydrogen) atoms. The minimum atomic E-state index is -5.25. The first-order chi connectivity index (χ1) is 29.9. The number of rotatable bonds is 33. The number of phosphoric ester groups is 3. The third-order valence-corrected chi connectivity index (χ3v) is 11.2. The monoisotopic (exact) mass is 1010 g/mol. The normalized spacial score (nSPS) is 16.7. The Morgan fingerprint density at radius 2 is 0.742 bits per heavy atom. The molecule has 0 aromatic heterocycles. The van der Waals surface area contributed by atoms with E-state index in [1.165, 1.54) is 48.5 Å². The van der Waals surface area contributed by atoms with Crippen molar-refractivity contribution in [2.75, 3.05) is 19.8 Å². The van der Waals surface area contributed by atoms with E-state index in [4.69, 9.17) is 25.3 Å². The summed E-state index contributed by atoms with van der Waals surface area (Å²) in [7, 11) is -15.5. The largest absolute Gasteiger partial charge is 0.469 e. The van der Waals surface area contributed by atoms with Gasteiger partial charge in [-0.2, -0.15) is 0 Å². The molecule has 12 N–H and O–H groups in total. The van der Waals surface area contributed by atoms with Crippen molar-refractivity contribution in [1.82, 2.24) is 21.3 Å². The molecule has 0 spiro atoms. The maximum atomic E-state index is 13.3. The van der Waals surface area contributed by atoms with Crippen molar-refractivity contribution < 1.29 is 105 Å². The zero-order valence-corrected chi connectivity index (χ0v) is 40.2. The van der Waals surface area contributed by atoms with Crippen molar-refractivity contribution in [2.24, 2.45) is 35.3 Å². The first-order valence-electron chi connectivity index (χ1n) is 20.2. The van der Waals surface area contributed by atoms with Gasteiger partial charge in [-0.1, -0.05) is 27.7 Å². The summed E-state index contributed by atoms with van der Waals surface area (Å²) < 4.78 is 47.3. The van der Waals surface area contributed by atoms with Gasteiger partial charge >= 0.3 is 23.5 Å². The van der Waals surface area contributed by atoms with E-state index < -0.39 is 181 Å². The van der Waals surface area contributed by atoms with Crippen molar-refractivity contribution in [3.05, 3.63) is 0 Å². The molecule has 0 aliphatic rings. The van der Waals surface area contributed by atoms with Crippen LogP contribution in [0.15, 0.2) is 0 Å². The Morgan fingerprint density at radius 1 is 0.439 bits per heavy atom. The Labute approximate surface area is 379 Å². The van der Waals surface area contributed by atoms with E-state index >= 15 is 0 Å². The van der Waals surface area contributed by atoms with Crippen LogP contribution in [0.5, 0.6) is 0 Å². The molecule has 27 nitrogen and oxygen atoms in total. The van der Waals surface area contributed by atoms with E-state index in [1.807, 2.05) is 0 Å². The number of hydrogen-bond acceptors (Lipinski definition) is 17. The SMILES string of the molecule is CC(=O)[C@H](C)CC(=O)[C@H](COP(=O)(O)O)NC(=O)[C@H](C)CC(=O)[C@H](C)NC(=O)[C@H](COP(=O)(O)O)CC(=O)[C@H](C)NC(=O)[C@H](C)CC(=O)[C@H](COP(=O)(O)O)NC(=O)[C@H](C)CC(=O)[C@H](C)N. The second kappa shape index (κ2) is 27.9. The van der Waals surface area contributed by atoms with Crippen molar-refractivity contribution in [1.29, 1.82) is 0 Å². The molecule has 10 atom stereocenters. The number of Topliss-reactive ketones (excluding diaryl/α,β-unsaturated/α-hetero) is 6. The Balaban J connectivity index is 5.84. The van der Waals surface area contributed by atoms with Crippen LogP contribution >= 0.6 is 23.5 Å². The van der Waals surface area contributed by atoms with Crippen LogP contribution in [-0.2, 0) is 75.2 Å². The molecule has 0 aromatic rings. The molecule has 30 heteroatoms. The Morgan fingerprint density at radius 3 is 1.11 bits per heavy atom. The van der Waals surface area contributed by atoms with Crippen LogP contribution < -0.4 is 27.0 Å². The lowest BCUT2D eigenvalue weighted by molar-refractivity contribution is -0.136. The number of phosphoric acid groups is 3. The lowest BCUT2D eigenvalue weighted by Gasteiger charge is -2.24. The highest BCUT2D eigenvalue weighted by Crippen LogP contribution is 2.37. The number of carbonyl (C=O) groups excluding carboxylic acids is 10. The van der Waals surface area contributed by atoms with Crippen LogP contribution in [0.25, 0.3) is 0 Å². The van der Waals surface area contributed by atoms with Gasteiger partial charge in [0.25, 0.3) is 0 Å². The topological polar surface area (TPSA) is 445 Å². The number of carbonyl (C=O) groups is 10. The molecule has 4 amide bonds. The number of amides is 4. The summed E-state index contributed by atoms with van der Waals surface area (Å²) in [4.78, 5) is 183. The average Bonchev–Trinajstić information content (AvgIpc) is 3.17. The summed E-state index contributed by atoms with van der Waals surface area (Å²) in [5.74, 6) is -14.4. The fraction of sp³-hybridized carbons (Fsp3) is 0.722. The highest BCUT2D eigenvalue weighted by molar-refractivity contribution is 7.46. The number of hydrogen-bond donors (Lipinski definition) is 11. The number of nitrogens with one attached hydrogen (secondary N) is 4. The molecule has 0 rings (SSSR count). The van der Waals surface area contributed by atoms with Crippen molar-refractivity contribution >= 4 is 81.8 Å². The van der Waals surface area contributed by atoms with Crippen LogP contribution in [-0.4, -0.2) is 138 Å². The smallest absolute Gasteiger partial charge is 0.346 e. The van der Waals surface area contributed by atoms with Crippen LogP contribution in [0.3, 0.4) is 0 Å². The maximum Gasteiger partial charge on any atom is 0.469 e. The second-order valence-corrected chi connectivity index (χ2v) is 19.7. The third-order valence-electron chi connectivity index (χ3n) is 9.75. The van der Waals surface area contributed by atoms with Crippen molar-refractivity contribution in [3.8, 4) is 0 Å². The first kappa shape index (κ1) is 62.2. The van der Waals surface area contributed by atoms with Gasteiger partial charge in [0.2, 0.25) is 23.6 Å². The van der Waals surface area contributed by atoms with Gasteiger partial charge < -0.3 is 56.4 Å². The minimum Gasteiger partial charge on any atom is -0.346 e. The molecule has 0 saturated heterocycles. The third kappa shape index (κ3) is 25.9. The molecule has 0 aliphatic carbocycles. The predicted octanol–water partition coefficient (Wildman–Crippen LogP) is -1.81. The molecule has 378 valence electrons. The van der Waals surface area contributed by atoms with Crippen LogP contribution in [0.1, 0.15) is 87.5 Å². The Hall–Kier alpha value is -3.81. The summed E-state index contributed by atoms with van der Waals surface area (Å²) in [6, 6.07) is -7.12. The summed E-state index contributed by atoms with van der Waals surface area (Å²) in [6.07, 6.45) is -2.91. The lowest BCUT2D eigenvalue weighted by Crippen LogP contribution is -2.48. The van der Waals surface area contributed by atoms with E-state index in [9.17, 15) is 71.4 Å². The van der Waals surface area contributed by atoms with E-state index in [0.717, 1.165) is 6.92 Å². The summed E-state index contributed by atoms with van der Waals surface area (Å²) >= 11 is 0. The average molecular weight is 1010 g/mol. The zero-order chi connectivity index (χ0) is 51.7. The standard InChI is InChI=1S/C36H62N5O22P3/c1-17(24(8)42)9-31(46)26(15-62-65(55,56)57)40-35(50)19(3)11-29(44)22(6)39-36(51)25(14-61-64(52,53)54)13-30(45)23(7)38-33(48)20(4)12-32(47)27(16-63-66(58,59)60)41-34(49)18(2)10-28(43)21(5)37/h17-23,25-27H,9-16,37H2,1-8H3,(H,38,48)(H,39,51)(H,40,50)(H,41,49)(H2,52,53,54)(H2,55,56,57)(H2,58,59,60)/t17-,18-,19-,20-,21+,22+,23+,25+,26+,27+/m1/s1. The molecule has 0 aliphatic heterocycles. The number of ketones is 6. The Bertz CT molecular complexity index is 1930. The van der Waals surface area contributed by atoms with Crippen LogP contribution in [0.4, 0.5) is 0 Å². The highest BCUT2D eigenvalue weighted by Gasteiger charge is 2.34. The molecule has 0 unspecified atom stereocenters. The fourth-order valence-electron chi connectivity index (χ4n) is 5.36. The number of nitrogens with two attached hydrogens (primary N) is 1. The zero-order valence-electron chi connectivity index (χ0n) is 37.6. The summed E-state index contributed by atoms with van der Waals surface area (Å²) in [5.41, 5.74) is 5.52. The lowest BCUT2D eigenvalue weighted by atomic mass is 9.95. The minimum absolute atomic E-state index is 0.332. The van der Waals surface area contributed by atoms with Crippen LogP contribution in [0.2, 0.25) is 0 Å². The molecule has 0 fully saturated rings. The van der Waals surface area contributed by atoms with Gasteiger partial charge in [-0.05, 0) is 27.7 Å². The molecular formula is C36H62N5O22P3. The van der Waals surface area contributed by atoms with E-state index in [2.05, 4.69) is 34.8 Å². The van der Waals surface area contributed by atoms with Gasteiger partial charge in [0.15, 0.2) is 23.1 Å². The molecule has 0 aromatic carbocycles. The van der Waals surface area contributed by atoms with Gasteiger partial charge in [0.05, 0.1) is 43.9 Å². The molecule has 0 radical (unpaired) electrons. The summed E-state index contributed by atoms with van der Waals surface area (Å²) in [5, 5.41) is 8.99. The predicted molar refractivity (Wildman–Crippen MR) is 226 cm³/mol.